The van der Waals surface area contributed by atoms with Gasteiger partial charge in [0.05, 0.1) is 23.8 Å². The minimum Gasteiger partial charge on any atom is -0.443 e. The molecule has 2 amide bonds. The second-order valence-electron chi connectivity index (χ2n) is 15.7. The number of rotatable bonds is 5. The number of aromatic nitrogens is 4. The number of hydrogen-bond donors (Lipinski definition) is 2. The highest BCUT2D eigenvalue weighted by Crippen LogP contribution is 2.35. The van der Waals surface area contributed by atoms with E-state index < -0.39 is 11.2 Å². The van der Waals surface area contributed by atoms with Gasteiger partial charge in [-0.05, 0) is 94.0 Å². The number of imidazole rings is 2. The Bertz CT molecular complexity index is 2090. The molecule has 0 bridgehead atoms. The van der Waals surface area contributed by atoms with E-state index in [9.17, 15) is 9.59 Å². The highest BCUT2D eigenvalue weighted by molar-refractivity contribution is 5.90. The van der Waals surface area contributed by atoms with E-state index in [-0.39, 0.29) is 24.3 Å². The van der Waals surface area contributed by atoms with Gasteiger partial charge >= 0.3 is 12.2 Å². The molecule has 7 rings (SSSR count). The normalized spacial score (nSPS) is 18.8. The van der Waals surface area contributed by atoms with Crippen molar-refractivity contribution in [3.05, 3.63) is 84.7 Å². The van der Waals surface area contributed by atoms with Crippen LogP contribution in [-0.2, 0) is 9.47 Å². The van der Waals surface area contributed by atoms with Gasteiger partial charge < -0.3 is 19.4 Å². The van der Waals surface area contributed by atoms with Crippen LogP contribution in [0.4, 0.5) is 9.59 Å². The Morgan fingerprint density at radius 3 is 1.50 bits per heavy atom. The van der Waals surface area contributed by atoms with E-state index in [1.807, 2.05) is 78.0 Å². The molecule has 5 aromatic rings. The van der Waals surface area contributed by atoms with E-state index >= 15 is 0 Å². The van der Waals surface area contributed by atoms with Crippen LogP contribution in [0, 0.1) is 0 Å². The fourth-order valence-corrected chi connectivity index (χ4v) is 6.95. The van der Waals surface area contributed by atoms with Crippen molar-refractivity contribution in [1.29, 1.82) is 0 Å². The van der Waals surface area contributed by atoms with Crippen molar-refractivity contribution in [1.82, 2.24) is 40.0 Å². The van der Waals surface area contributed by atoms with Crippen molar-refractivity contribution in [2.75, 3.05) is 27.2 Å². The molecule has 3 aromatic carbocycles. The zero-order chi connectivity index (χ0) is 36.9. The Morgan fingerprint density at radius 2 is 1.02 bits per heavy atom. The quantitative estimate of drug-likeness (QED) is 0.187. The Morgan fingerprint density at radius 1 is 0.615 bits per heavy atom. The summed E-state index contributed by atoms with van der Waals surface area (Å²) < 4.78 is 11.3. The molecule has 0 spiro atoms. The molecule has 1 unspecified atom stereocenters. The Hall–Kier alpha value is -5.20. The van der Waals surface area contributed by atoms with Gasteiger partial charge in [0.2, 0.25) is 0 Å². The number of ether oxygens (including phenoxy) is 2. The predicted molar refractivity (Wildman–Crippen MR) is 201 cm³/mol. The summed E-state index contributed by atoms with van der Waals surface area (Å²) in [6, 6.07) is 20.9. The second-order valence-corrected chi connectivity index (χ2v) is 15.7. The summed E-state index contributed by atoms with van der Waals surface area (Å²) in [7, 11) is 3.79. The average molecular weight is 705 g/mol. The number of amides is 2. The molecule has 0 saturated carbocycles. The topological polar surface area (TPSA) is 123 Å². The molecular formula is C40H48N8O4. The summed E-state index contributed by atoms with van der Waals surface area (Å²) in [5.41, 5.74) is 4.90. The van der Waals surface area contributed by atoms with Gasteiger partial charge in [-0.15, -0.1) is 0 Å². The molecule has 2 aliphatic rings. The molecular weight excluding hydrogens is 656 g/mol. The van der Waals surface area contributed by atoms with Crippen LogP contribution in [0.25, 0.3) is 44.4 Å². The van der Waals surface area contributed by atoms with Crippen LogP contribution in [-0.4, -0.2) is 90.5 Å². The predicted octanol–water partition coefficient (Wildman–Crippen LogP) is 8.34. The monoisotopic (exact) mass is 704 g/mol. The molecule has 2 aliphatic heterocycles. The summed E-state index contributed by atoms with van der Waals surface area (Å²) in [5.74, 6) is 1.48. The lowest BCUT2D eigenvalue weighted by atomic mass is 9.98. The number of hydrazine groups is 2. The number of fused-ring (bicyclic) bond motifs is 1. The fourth-order valence-electron chi connectivity index (χ4n) is 6.95. The maximum atomic E-state index is 13.0. The molecule has 12 heteroatoms. The van der Waals surface area contributed by atoms with Gasteiger partial charge in [0, 0.05) is 32.7 Å². The molecule has 52 heavy (non-hydrogen) atoms. The maximum Gasteiger partial charge on any atom is 0.425 e. The van der Waals surface area contributed by atoms with Crippen molar-refractivity contribution in [2.45, 2.75) is 77.7 Å². The van der Waals surface area contributed by atoms with Crippen LogP contribution in [0.5, 0.6) is 0 Å². The van der Waals surface area contributed by atoms with E-state index in [1.54, 1.807) is 10.0 Å². The van der Waals surface area contributed by atoms with Crippen LogP contribution in [0.3, 0.4) is 0 Å². The van der Waals surface area contributed by atoms with E-state index in [4.69, 9.17) is 9.47 Å². The number of benzene rings is 3. The number of aromatic amines is 2. The van der Waals surface area contributed by atoms with Crippen molar-refractivity contribution < 1.29 is 19.1 Å². The molecule has 2 saturated heterocycles. The first-order valence-electron chi connectivity index (χ1n) is 17.8. The zero-order valence-corrected chi connectivity index (χ0v) is 31.2. The molecule has 12 nitrogen and oxygen atoms in total. The Labute approximate surface area is 304 Å². The van der Waals surface area contributed by atoms with Gasteiger partial charge in [-0.2, -0.15) is 0 Å². The van der Waals surface area contributed by atoms with Crippen LogP contribution in [0.15, 0.2) is 73.1 Å². The molecule has 272 valence electrons. The van der Waals surface area contributed by atoms with Gasteiger partial charge in [-0.25, -0.2) is 39.6 Å². The molecule has 2 N–H and O–H groups in total. The van der Waals surface area contributed by atoms with Crippen LogP contribution < -0.4 is 0 Å². The number of nitrogens with one attached hydrogen (secondary N) is 2. The number of carbonyl (C=O) groups is 2. The van der Waals surface area contributed by atoms with Crippen molar-refractivity contribution >= 4 is 23.0 Å². The minimum absolute atomic E-state index is 0.217. The Balaban J connectivity index is 1.05. The summed E-state index contributed by atoms with van der Waals surface area (Å²) in [6.45, 7) is 12.7. The van der Waals surface area contributed by atoms with E-state index in [2.05, 4.69) is 80.6 Å². The van der Waals surface area contributed by atoms with E-state index in [0.717, 1.165) is 82.0 Å². The summed E-state index contributed by atoms with van der Waals surface area (Å²) in [5, 5.41) is 9.36. The molecule has 2 aromatic heterocycles. The Kier molecular flexibility index (Phi) is 9.08. The van der Waals surface area contributed by atoms with E-state index in [1.165, 1.54) is 0 Å². The lowest BCUT2D eigenvalue weighted by Crippen LogP contribution is -2.43. The van der Waals surface area contributed by atoms with Gasteiger partial charge in [0.25, 0.3) is 0 Å². The maximum absolute atomic E-state index is 13.0. The zero-order valence-electron chi connectivity index (χ0n) is 31.2. The third-order valence-electron chi connectivity index (χ3n) is 9.44. The fraction of sp³-hybridized carbons (Fsp3) is 0.400. The third-order valence-corrected chi connectivity index (χ3v) is 9.44. The largest absolute Gasteiger partial charge is 0.443 e. The average Bonchev–Trinajstić information content (AvgIpc) is 3.89. The SMILES string of the molecule is CN1CCC(c2ncc(-c3ccc(-c4ccc5cc(-c6cnc([C@@H]7CCN(C)N7C(=O)OC(C)(C)C)[nH]6)ccc5c4)cc3)[nH]2)N1C(=O)OC(C)(C)C. The standard InChI is InChI=1S/C40H48N8O4/c1-39(2,3)51-37(49)47-33(17-19-45(47)7)35-41-23-31(43-35)26-11-9-25(10-12-26)27-13-14-29-22-30(16-15-28(29)21-27)32-24-42-36(44-32)34-18-20-46(8)48(34)38(50)52-40(4,5)6/h9-16,21-24,33-34H,17-20H2,1-8H3,(H,41,43)(H,42,44)/t33?,34-/m0/s1. The number of nitrogens with zero attached hydrogens (tertiary/aromatic N) is 6. The van der Waals surface area contributed by atoms with Crippen LogP contribution >= 0.6 is 0 Å². The van der Waals surface area contributed by atoms with Crippen LogP contribution in [0.1, 0.15) is 78.1 Å². The molecule has 2 atom stereocenters. The first kappa shape index (κ1) is 35.2. The van der Waals surface area contributed by atoms with E-state index in [0.29, 0.717) is 0 Å². The first-order chi connectivity index (χ1) is 24.6. The van der Waals surface area contributed by atoms with Crippen molar-refractivity contribution in [2.24, 2.45) is 0 Å². The summed E-state index contributed by atoms with van der Waals surface area (Å²) in [4.78, 5) is 42.3. The van der Waals surface area contributed by atoms with Gasteiger partial charge in [-0.1, -0.05) is 48.5 Å². The van der Waals surface area contributed by atoms with Crippen LogP contribution in [0.2, 0.25) is 0 Å². The van der Waals surface area contributed by atoms with Gasteiger partial charge in [-0.3, -0.25) is 0 Å². The molecule has 0 radical (unpaired) electrons. The second kappa shape index (κ2) is 13.4. The van der Waals surface area contributed by atoms with Gasteiger partial charge in [0.15, 0.2) is 0 Å². The molecule has 4 heterocycles. The van der Waals surface area contributed by atoms with Crippen molar-refractivity contribution in [3.8, 4) is 33.6 Å². The summed E-state index contributed by atoms with van der Waals surface area (Å²) in [6.07, 6.45) is 4.45. The highest BCUT2D eigenvalue weighted by atomic mass is 16.6. The minimum atomic E-state index is -0.582. The number of hydrogen-bond acceptors (Lipinski definition) is 8. The summed E-state index contributed by atoms with van der Waals surface area (Å²) >= 11 is 0. The first-order valence-corrected chi connectivity index (χ1v) is 17.8. The number of carbonyl (C=O) groups excluding carboxylic acids is 2. The smallest absolute Gasteiger partial charge is 0.425 e. The van der Waals surface area contributed by atoms with Gasteiger partial charge in [0.1, 0.15) is 34.9 Å². The lowest BCUT2D eigenvalue weighted by molar-refractivity contribution is -0.0325. The number of H-pyrrole nitrogens is 2. The molecule has 2 fully saturated rings. The lowest BCUT2D eigenvalue weighted by Gasteiger charge is -2.31. The third kappa shape index (κ3) is 7.26. The van der Waals surface area contributed by atoms with Crippen molar-refractivity contribution in [3.63, 3.8) is 0 Å². The molecule has 0 aliphatic carbocycles. The highest BCUT2D eigenvalue weighted by Gasteiger charge is 2.40.